The Labute approximate surface area is 156 Å². The van der Waals surface area contributed by atoms with Crippen molar-refractivity contribution in [2.75, 3.05) is 13.2 Å². The van der Waals surface area contributed by atoms with Crippen LogP contribution >= 0.6 is 0 Å². The van der Waals surface area contributed by atoms with E-state index in [-0.39, 0.29) is 12.8 Å². The maximum absolute atomic E-state index is 11.7. The zero-order valence-electron chi connectivity index (χ0n) is 15.3. The minimum Gasteiger partial charge on any atom is -0.456 e. The first-order valence-corrected chi connectivity index (χ1v) is 8.60. The molecule has 2 aromatic rings. The first kappa shape index (κ1) is 20.1. The molecule has 1 aromatic heterocycles. The molecule has 1 aromatic carbocycles. The quantitative estimate of drug-likeness (QED) is 0.675. The molecule has 1 heterocycles. The average molecular weight is 374 g/mol. The van der Waals surface area contributed by atoms with Crippen molar-refractivity contribution in [1.82, 2.24) is 20.8 Å². The van der Waals surface area contributed by atoms with Crippen molar-refractivity contribution in [2.24, 2.45) is 0 Å². The van der Waals surface area contributed by atoms with Gasteiger partial charge in [-0.1, -0.05) is 24.6 Å². The van der Waals surface area contributed by atoms with Crippen LogP contribution in [-0.4, -0.2) is 41.3 Å². The zero-order valence-corrected chi connectivity index (χ0v) is 15.3. The molecule has 0 aliphatic heterocycles. The highest BCUT2D eigenvalue weighted by Gasteiger charge is 2.13. The number of hydrogen-bond donors (Lipinski definition) is 2. The molecule has 2 rings (SSSR count). The van der Waals surface area contributed by atoms with E-state index in [4.69, 9.17) is 9.15 Å². The van der Waals surface area contributed by atoms with Gasteiger partial charge in [0.1, 0.15) is 0 Å². The number of hydrogen-bond acceptors (Lipinski definition) is 7. The maximum atomic E-state index is 11.7. The van der Waals surface area contributed by atoms with Crippen molar-refractivity contribution in [3.8, 4) is 11.5 Å². The smallest absolute Gasteiger partial charge is 0.321 e. The van der Waals surface area contributed by atoms with Gasteiger partial charge in [0, 0.05) is 18.5 Å². The summed E-state index contributed by atoms with van der Waals surface area (Å²) in [5.41, 5.74) is 1.91. The molecule has 0 fully saturated rings. The van der Waals surface area contributed by atoms with Crippen molar-refractivity contribution >= 4 is 17.9 Å². The van der Waals surface area contributed by atoms with Crippen molar-refractivity contribution in [2.45, 2.75) is 33.1 Å². The number of carbonyl (C=O) groups excluding carboxylic acids is 3. The Morgan fingerprint density at radius 3 is 2.59 bits per heavy atom. The van der Waals surface area contributed by atoms with Gasteiger partial charge in [0.05, 0.1) is 6.42 Å². The third-order valence-electron chi connectivity index (χ3n) is 3.46. The summed E-state index contributed by atoms with van der Waals surface area (Å²) >= 11 is 0. The Morgan fingerprint density at radius 2 is 1.89 bits per heavy atom. The number of nitrogens with zero attached hydrogens (tertiary/aromatic N) is 2. The predicted octanol–water partition coefficient (Wildman–Crippen LogP) is 1.76. The second kappa shape index (κ2) is 10.0. The van der Waals surface area contributed by atoms with Gasteiger partial charge in [0.2, 0.25) is 11.8 Å². The Balaban J connectivity index is 1.72. The first-order chi connectivity index (χ1) is 13.0. The molecule has 0 unspecified atom stereocenters. The number of urea groups is 1. The van der Waals surface area contributed by atoms with Gasteiger partial charge in [-0.3, -0.25) is 14.9 Å². The number of esters is 1. The SMILES string of the molecule is CCCNC(=O)NC(=O)COC(=O)CCc1nnc(-c2ccc(C)cc2)o1. The summed E-state index contributed by atoms with van der Waals surface area (Å²) < 4.78 is 10.3. The maximum Gasteiger partial charge on any atom is 0.321 e. The molecule has 0 saturated heterocycles. The molecule has 0 spiro atoms. The Kier molecular flexibility index (Phi) is 7.48. The van der Waals surface area contributed by atoms with Gasteiger partial charge >= 0.3 is 12.0 Å². The molecular weight excluding hydrogens is 352 g/mol. The lowest BCUT2D eigenvalue weighted by Crippen LogP contribution is -2.41. The highest BCUT2D eigenvalue weighted by molar-refractivity contribution is 5.95. The molecule has 0 atom stereocenters. The molecule has 0 aliphatic rings. The largest absolute Gasteiger partial charge is 0.456 e. The molecule has 144 valence electrons. The number of aromatic nitrogens is 2. The lowest BCUT2D eigenvalue weighted by atomic mass is 10.1. The topological polar surface area (TPSA) is 123 Å². The number of nitrogens with one attached hydrogen (secondary N) is 2. The molecular formula is C18H22N4O5. The minimum absolute atomic E-state index is 0.0230. The van der Waals surface area contributed by atoms with Gasteiger partial charge in [-0.15, -0.1) is 10.2 Å². The second-order valence-electron chi connectivity index (χ2n) is 5.83. The molecule has 9 heteroatoms. The molecule has 3 amide bonds. The van der Waals surface area contributed by atoms with Crippen molar-refractivity contribution in [3.05, 3.63) is 35.7 Å². The van der Waals surface area contributed by atoms with E-state index in [0.717, 1.165) is 17.5 Å². The third kappa shape index (κ3) is 6.89. The number of amides is 3. The van der Waals surface area contributed by atoms with E-state index in [9.17, 15) is 14.4 Å². The van der Waals surface area contributed by atoms with Crippen LogP contribution in [0.4, 0.5) is 4.79 Å². The van der Waals surface area contributed by atoms with Gasteiger partial charge in [0.25, 0.3) is 5.91 Å². The molecule has 27 heavy (non-hydrogen) atoms. The third-order valence-corrected chi connectivity index (χ3v) is 3.46. The summed E-state index contributed by atoms with van der Waals surface area (Å²) in [5, 5.41) is 12.4. The van der Waals surface area contributed by atoms with Crippen LogP contribution in [0.25, 0.3) is 11.5 Å². The van der Waals surface area contributed by atoms with E-state index in [0.29, 0.717) is 18.3 Å². The fraction of sp³-hybridized carbons (Fsp3) is 0.389. The van der Waals surface area contributed by atoms with Gasteiger partial charge in [-0.05, 0) is 25.5 Å². The van der Waals surface area contributed by atoms with Gasteiger partial charge in [0.15, 0.2) is 6.61 Å². The van der Waals surface area contributed by atoms with E-state index in [1.807, 2.05) is 38.1 Å². The Bertz CT molecular complexity index is 785. The number of rotatable bonds is 8. The summed E-state index contributed by atoms with van der Waals surface area (Å²) in [7, 11) is 0. The van der Waals surface area contributed by atoms with Gasteiger partial charge in [-0.25, -0.2) is 4.79 Å². The Morgan fingerprint density at radius 1 is 1.15 bits per heavy atom. The number of ether oxygens (including phenoxy) is 1. The molecule has 0 radical (unpaired) electrons. The molecule has 0 bridgehead atoms. The van der Waals surface area contributed by atoms with E-state index >= 15 is 0 Å². The molecule has 0 aliphatic carbocycles. The number of carbonyl (C=O) groups is 3. The van der Waals surface area contributed by atoms with Crippen molar-refractivity contribution in [1.29, 1.82) is 0 Å². The van der Waals surface area contributed by atoms with Gasteiger partial charge < -0.3 is 14.5 Å². The van der Waals surface area contributed by atoms with Crippen LogP contribution in [0.5, 0.6) is 0 Å². The van der Waals surface area contributed by atoms with Crippen LogP contribution in [0.2, 0.25) is 0 Å². The van der Waals surface area contributed by atoms with Crippen LogP contribution in [0.1, 0.15) is 31.2 Å². The minimum atomic E-state index is -0.698. The number of benzene rings is 1. The normalized spacial score (nSPS) is 10.3. The summed E-state index contributed by atoms with van der Waals surface area (Å²) in [4.78, 5) is 34.5. The monoisotopic (exact) mass is 374 g/mol. The molecule has 2 N–H and O–H groups in total. The highest BCUT2D eigenvalue weighted by Crippen LogP contribution is 2.18. The van der Waals surface area contributed by atoms with Crippen LogP contribution in [0.15, 0.2) is 28.7 Å². The van der Waals surface area contributed by atoms with E-state index in [1.54, 1.807) is 0 Å². The lowest BCUT2D eigenvalue weighted by molar-refractivity contribution is -0.148. The highest BCUT2D eigenvalue weighted by atomic mass is 16.5. The molecule has 9 nitrogen and oxygen atoms in total. The van der Waals surface area contributed by atoms with Crippen molar-refractivity contribution in [3.63, 3.8) is 0 Å². The van der Waals surface area contributed by atoms with E-state index < -0.39 is 24.5 Å². The molecule has 0 saturated carbocycles. The van der Waals surface area contributed by atoms with Crippen LogP contribution in [-0.2, 0) is 20.7 Å². The fourth-order valence-electron chi connectivity index (χ4n) is 2.04. The predicted molar refractivity (Wildman–Crippen MR) is 95.6 cm³/mol. The zero-order chi connectivity index (χ0) is 19.6. The van der Waals surface area contributed by atoms with Gasteiger partial charge in [-0.2, -0.15) is 0 Å². The van der Waals surface area contributed by atoms with Crippen LogP contribution in [0.3, 0.4) is 0 Å². The first-order valence-electron chi connectivity index (χ1n) is 8.60. The Hall–Kier alpha value is -3.23. The second-order valence-corrected chi connectivity index (χ2v) is 5.83. The fourth-order valence-corrected chi connectivity index (χ4v) is 2.04. The van der Waals surface area contributed by atoms with Crippen molar-refractivity contribution < 1.29 is 23.5 Å². The number of imide groups is 1. The van der Waals surface area contributed by atoms with E-state index in [1.165, 1.54) is 0 Å². The lowest BCUT2D eigenvalue weighted by Gasteiger charge is -2.06. The number of aryl methyl sites for hydroxylation is 2. The average Bonchev–Trinajstić information content (AvgIpc) is 3.12. The summed E-state index contributed by atoms with van der Waals surface area (Å²) in [6.07, 6.45) is 0.916. The summed E-state index contributed by atoms with van der Waals surface area (Å²) in [6.45, 7) is 3.79. The van der Waals surface area contributed by atoms with Crippen LogP contribution in [0, 0.1) is 6.92 Å². The standard InChI is InChI=1S/C18H22N4O5/c1-3-10-19-18(25)20-14(23)11-26-16(24)9-8-15-21-22-17(27-15)13-6-4-12(2)5-7-13/h4-7H,3,8-11H2,1-2H3,(H2,19,20,23,25). The van der Waals surface area contributed by atoms with Crippen LogP contribution < -0.4 is 10.6 Å². The van der Waals surface area contributed by atoms with E-state index in [2.05, 4.69) is 20.8 Å². The summed E-state index contributed by atoms with van der Waals surface area (Å²) in [5.74, 6) is -0.632. The summed E-state index contributed by atoms with van der Waals surface area (Å²) in [6, 6.07) is 6.99.